The summed E-state index contributed by atoms with van der Waals surface area (Å²) in [4.78, 5) is 2.45. The predicted molar refractivity (Wildman–Crippen MR) is 279 cm³/mol. The first-order valence-electron chi connectivity index (χ1n) is 23.3. The number of benzene rings is 10. The summed E-state index contributed by atoms with van der Waals surface area (Å²) in [5, 5.41) is 5.02. The minimum absolute atomic E-state index is 0.107. The summed E-state index contributed by atoms with van der Waals surface area (Å²) < 4.78 is 2.51. The van der Waals surface area contributed by atoms with Crippen LogP contribution in [0.25, 0.3) is 82.8 Å². The van der Waals surface area contributed by atoms with E-state index in [2.05, 4.69) is 256 Å². The van der Waals surface area contributed by atoms with Crippen molar-refractivity contribution in [1.29, 1.82) is 0 Å². The van der Waals surface area contributed by atoms with Crippen molar-refractivity contribution in [3.8, 4) is 50.2 Å². The van der Waals surface area contributed by atoms with Gasteiger partial charge in [0, 0.05) is 43.9 Å². The molecule has 0 unspecified atom stereocenters. The van der Waals surface area contributed by atoms with E-state index in [0.29, 0.717) is 0 Å². The van der Waals surface area contributed by atoms with Crippen molar-refractivity contribution in [3.63, 3.8) is 0 Å². The van der Waals surface area contributed by atoms with Gasteiger partial charge in [-0.2, -0.15) is 0 Å². The van der Waals surface area contributed by atoms with Crippen molar-refractivity contribution >= 4 is 49.6 Å². The van der Waals surface area contributed by atoms with Crippen molar-refractivity contribution in [2.75, 3.05) is 4.90 Å². The smallest absolute Gasteiger partial charge is 0.0544 e. The highest BCUT2D eigenvalue weighted by molar-refractivity contribution is 6.14. The third kappa shape index (κ3) is 5.61. The standard InChI is InChI=1S/C64H48N2/c1-63(2)55-24-13-11-22-50(55)62-56(63)25-15-27-60(62)65(46-33-28-42(29-34-46)41-16-6-5-7-17-41)47-35-30-43(31-36-47)45-32-37-59-52(38-45)53-39-51-49-21-10-12-23-54(49)64(3,4)57(51)40-61(53)66(59)58-26-14-19-44-18-8-9-20-48(44)58/h5-40H,1-4H3. The monoisotopic (exact) mass is 844 g/mol. The molecule has 66 heavy (non-hydrogen) atoms. The lowest BCUT2D eigenvalue weighted by molar-refractivity contribution is 0.660. The van der Waals surface area contributed by atoms with Gasteiger partial charge in [0.1, 0.15) is 0 Å². The van der Waals surface area contributed by atoms with Crippen LogP contribution in [0, 0.1) is 0 Å². The molecule has 1 aromatic heterocycles. The third-order valence-electron chi connectivity index (χ3n) is 15.0. The Hall–Kier alpha value is -7.94. The first-order chi connectivity index (χ1) is 32.3. The molecule has 0 bridgehead atoms. The largest absolute Gasteiger partial charge is 0.310 e. The third-order valence-corrected chi connectivity index (χ3v) is 15.0. The van der Waals surface area contributed by atoms with Crippen molar-refractivity contribution in [2.45, 2.75) is 38.5 Å². The van der Waals surface area contributed by atoms with E-state index in [1.807, 2.05) is 0 Å². The van der Waals surface area contributed by atoms with Crippen LogP contribution in [0.5, 0.6) is 0 Å². The van der Waals surface area contributed by atoms with Crippen molar-refractivity contribution < 1.29 is 0 Å². The van der Waals surface area contributed by atoms with Crippen LogP contribution in [-0.4, -0.2) is 4.57 Å². The van der Waals surface area contributed by atoms with E-state index in [1.54, 1.807) is 0 Å². The summed E-state index contributed by atoms with van der Waals surface area (Å²) in [6.07, 6.45) is 0. The lowest BCUT2D eigenvalue weighted by Gasteiger charge is -2.29. The Labute approximate surface area is 386 Å². The van der Waals surface area contributed by atoms with Crippen LogP contribution in [0.3, 0.4) is 0 Å². The van der Waals surface area contributed by atoms with Crippen molar-refractivity contribution in [1.82, 2.24) is 4.57 Å². The summed E-state index contributed by atoms with van der Waals surface area (Å²) in [6.45, 7) is 9.47. The molecule has 2 aliphatic carbocycles. The Balaban J connectivity index is 0.976. The maximum Gasteiger partial charge on any atom is 0.0544 e. The molecule has 10 aromatic carbocycles. The van der Waals surface area contributed by atoms with Gasteiger partial charge in [-0.15, -0.1) is 0 Å². The average molecular weight is 845 g/mol. The Bertz CT molecular complexity index is 3730. The van der Waals surface area contributed by atoms with Gasteiger partial charge in [0.15, 0.2) is 0 Å². The zero-order chi connectivity index (χ0) is 44.3. The van der Waals surface area contributed by atoms with E-state index >= 15 is 0 Å². The zero-order valence-corrected chi connectivity index (χ0v) is 37.7. The van der Waals surface area contributed by atoms with Crippen LogP contribution in [0.1, 0.15) is 49.9 Å². The second-order valence-corrected chi connectivity index (χ2v) is 19.3. The predicted octanol–water partition coefficient (Wildman–Crippen LogP) is 17.4. The van der Waals surface area contributed by atoms with Gasteiger partial charge in [0.05, 0.1) is 22.4 Å². The van der Waals surface area contributed by atoms with E-state index in [9.17, 15) is 0 Å². The van der Waals surface area contributed by atoms with E-state index in [1.165, 1.54) is 111 Å². The van der Waals surface area contributed by atoms with Crippen LogP contribution in [0.2, 0.25) is 0 Å². The summed E-state index contributed by atoms with van der Waals surface area (Å²) in [5.41, 5.74) is 22.5. The number of aromatic nitrogens is 1. The van der Waals surface area contributed by atoms with Gasteiger partial charge in [-0.3, -0.25) is 0 Å². The Morgan fingerprint density at radius 2 is 0.894 bits per heavy atom. The molecule has 11 aromatic rings. The van der Waals surface area contributed by atoms with Crippen LogP contribution < -0.4 is 4.90 Å². The topological polar surface area (TPSA) is 8.17 Å². The summed E-state index contributed by atoms with van der Waals surface area (Å²) >= 11 is 0. The van der Waals surface area contributed by atoms with Gasteiger partial charge in [-0.05, 0) is 127 Å². The molecule has 0 radical (unpaired) electrons. The van der Waals surface area contributed by atoms with Crippen LogP contribution in [0.15, 0.2) is 218 Å². The molecule has 13 rings (SSSR count). The molecule has 1 heterocycles. The van der Waals surface area contributed by atoms with Gasteiger partial charge in [0.25, 0.3) is 0 Å². The maximum absolute atomic E-state index is 2.51. The fourth-order valence-electron chi connectivity index (χ4n) is 11.6. The Kier molecular flexibility index (Phi) is 8.33. The molecule has 0 amide bonds. The summed E-state index contributed by atoms with van der Waals surface area (Å²) in [7, 11) is 0. The number of nitrogens with zero attached hydrogens (tertiary/aromatic N) is 2. The highest BCUT2D eigenvalue weighted by Gasteiger charge is 2.38. The van der Waals surface area contributed by atoms with Crippen LogP contribution in [-0.2, 0) is 10.8 Å². The number of fused-ring (bicyclic) bond motifs is 10. The van der Waals surface area contributed by atoms with Gasteiger partial charge < -0.3 is 9.47 Å². The molecular formula is C64H48N2. The Morgan fingerprint density at radius 3 is 1.65 bits per heavy atom. The first kappa shape index (κ1) is 38.5. The minimum Gasteiger partial charge on any atom is -0.310 e. The van der Waals surface area contributed by atoms with Crippen LogP contribution >= 0.6 is 0 Å². The van der Waals surface area contributed by atoms with E-state index in [0.717, 1.165) is 11.4 Å². The minimum atomic E-state index is -0.107. The number of hydrogen-bond donors (Lipinski definition) is 0. The van der Waals surface area contributed by atoms with Crippen molar-refractivity contribution in [2.24, 2.45) is 0 Å². The molecule has 0 saturated carbocycles. The Morgan fingerprint density at radius 1 is 0.348 bits per heavy atom. The number of rotatable bonds is 6. The van der Waals surface area contributed by atoms with E-state index in [-0.39, 0.29) is 10.8 Å². The molecule has 2 aliphatic rings. The average Bonchev–Trinajstić information content (AvgIpc) is 3.90. The molecule has 0 saturated heterocycles. The van der Waals surface area contributed by atoms with Gasteiger partial charge in [-0.25, -0.2) is 0 Å². The SMILES string of the molecule is CC1(C)c2ccccc2-c2cc3c4cc(-c5ccc(N(c6ccc(-c7ccccc7)cc6)c6cccc7c6-c6ccccc6C7(C)C)cc5)ccc4n(-c4cccc5ccccc45)c3cc21. The molecule has 0 spiro atoms. The number of hydrogen-bond acceptors (Lipinski definition) is 1. The van der Waals surface area contributed by atoms with Gasteiger partial charge in [0.2, 0.25) is 0 Å². The van der Waals surface area contributed by atoms with Gasteiger partial charge in [-0.1, -0.05) is 185 Å². The quantitative estimate of drug-likeness (QED) is 0.162. The molecule has 0 N–H and O–H groups in total. The van der Waals surface area contributed by atoms with Gasteiger partial charge >= 0.3 is 0 Å². The van der Waals surface area contributed by atoms with E-state index < -0.39 is 0 Å². The molecule has 0 atom stereocenters. The number of anilines is 3. The highest BCUT2D eigenvalue weighted by Crippen LogP contribution is 2.55. The summed E-state index contributed by atoms with van der Waals surface area (Å²) in [5.74, 6) is 0. The molecule has 2 nitrogen and oxygen atoms in total. The second kappa shape index (κ2) is 14.3. The normalized spacial score (nSPS) is 14.0. The molecule has 2 heteroatoms. The molecule has 0 fully saturated rings. The van der Waals surface area contributed by atoms with Crippen molar-refractivity contribution in [3.05, 3.63) is 241 Å². The fourth-order valence-corrected chi connectivity index (χ4v) is 11.6. The first-order valence-corrected chi connectivity index (χ1v) is 23.3. The molecule has 314 valence electrons. The summed E-state index contributed by atoms with van der Waals surface area (Å²) in [6, 6.07) is 81.3. The lowest BCUT2D eigenvalue weighted by Crippen LogP contribution is -2.16. The van der Waals surface area contributed by atoms with E-state index in [4.69, 9.17) is 0 Å². The second-order valence-electron chi connectivity index (χ2n) is 19.3. The maximum atomic E-state index is 2.51. The highest BCUT2D eigenvalue weighted by atomic mass is 15.1. The fraction of sp³-hybridized carbons (Fsp3) is 0.0938. The molecular weight excluding hydrogens is 797 g/mol. The zero-order valence-electron chi connectivity index (χ0n) is 37.7. The lowest BCUT2D eigenvalue weighted by atomic mass is 9.82. The molecule has 0 aliphatic heterocycles. The van der Waals surface area contributed by atoms with Crippen LogP contribution in [0.4, 0.5) is 17.1 Å².